The summed E-state index contributed by atoms with van der Waals surface area (Å²) in [6.45, 7) is 2.97. The highest BCUT2D eigenvalue weighted by atomic mass is 32.2. The first-order chi connectivity index (χ1) is 6.92. The maximum atomic E-state index is 11.6. The molecule has 1 aromatic rings. The number of hydrogen-bond acceptors (Lipinski definition) is 3. The van der Waals surface area contributed by atoms with E-state index >= 15 is 0 Å². The SMILES string of the molecule is CC(=O)CNS(=O)(=O)c1cccc(C)c1. The van der Waals surface area contributed by atoms with Gasteiger partial charge in [-0.25, -0.2) is 13.1 Å². The molecule has 0 saturated heterocycles. The minimum atomic E-state index is -3.55. The molecule has 0 fully saturated rings. The average molecular weight is 227 g/mol. The largest absolute Gasteiger partial charge is 0.299 e. The third-order valence-electron chi connectivity index (χ3n) is 1.81. The highest BCUT2D eigenvalue weighted by molar-refractivity contribution is 7.89. The molecule has 0 spiro atoms. The quantitative estimate of drug-likeness (QED) is 0.829. The van der Waals surface area contributed by atoms with E-state index in [0.29, 0.717) is 0 Å². The molecule has 0 aliphatic rings. The first-order valence-corrected chi connectivity index (χ1v) is 5.96. The van der Waals surface area contributed by atoms with E-state index in [1.165, 1.54) is 13.0 Å². The van der Waals surface area contributed by atoms with Crippen LogP contribution in [0, 0.1) is 6.92 Å². The normalized spacial score (nSPS) is 11.3. The minimum Gasteiger partial charge on any atom is -0.299 e. The molecule has 0 bridgehead atoms. The second-order valence-corrected chi connectivity index (χ2v) is 5.11. The van der Waals surface area contributed by atoms with Crippen molar-refractivity contribution in [2.75, 3.05) is 6.54 Å². The van der Waals surface area contributed by atoms with Gasteiger partial charge >= 0.3 is 0 Å². The molecule has 0 saturated carbocycles. The van der Waals surface area contributed by atoms with Crippen molar-refractivity contribution in [1.29, 1.82) is 0 Å². The number of aryl methyl sites for hydroxylation is 1. The summed E-state index contributed by atoms with van der Waals surface area (Å²) < 4.78 is 25.5. The fraction of sp³-hybridized carbons (Fsp3) is 0.300. The zero-order valence-corrected chi connectivity index (χ0v) is 9.47. The zero-order valence-electron chi connectivity index (χ0n) is 8.65. The fourth-order valence-corrected chi connectivity index (χ4v) is 2.22. The van der Waals surface area contributed by atoms with Crippen LogP contribution in [0.2, 0.25) is 0 Å². The lowest BCUT2D eigenvalue weighted by molar-refractivity contribution is -0.115. The van der Waals surface area contributed by atoms with E-state index in [1.54, 1.807) is 12.1 Å². The van der Waals surface area contributed by atoms with Crippen LogP contribution < -0.4 is 4.72 Å². The topological polar surface area (TPSA) is 63.2 Å². The number of carbonyl (C=O) groups excluding carboxylic acids is 1. The van der Waals surface area contributed by atoms with E-state index in [4.69, 9.17) is 0 Å². The molecule has 82 valence electrons. The minimum absolute atomic E-state index is 0.170. The molecule has 15 heavy (non-hydrogen) atoms. The number of nitrogens with one attached hydrogen (secondary N) is 1. The van der Waals surface area contributed by atoms with Gasteiger partial charge in [-0.1, -0.05) is 12.1 Å². The predicted octanol–water partition coefficient (Wildman–Crippen LogP) is 0.862. The Bertz CT molecular complexity index is 465. The van der Waals surface area contributed by atoms with Gasteiger partial charge in [0.15, 0.2) is 0 Å². The Balaban J connectivity index is 2.91. The van der Waals surface area contributed by atoms with Crippen molar-refractivity contribution in [2.24, 2.45) is 0 Å². The lowest BCUT2D eigenvalue weighted by Crippen LogP contribution is -2.28. The number of sulfonamides is 1. The summed E-state index contributed by atoms with van der Waals surface area (Å²) in [4.78, 5) is 10.8. The molecular weight excluding hydrogens is 214 g/mol. The van der Waals surface area contributed by atoms with E-state index in [9.17, 15) is 13.2 Å². The van der Waals surface area contributed by atoms with Crippen LogP contribution in [0.25, 0.3) is 0 Å². The van der Waals surface area contributed by atoms with Crippen molar-refractivity contribution in [3.8, 4) is 0 Å². The standard InChI is InChI=1S/C10H13NO3S/c1-8-4-3-5-10(6-8)15(13,14)11-7-9(2)12/h3-6,11H,7H2,1-2H3. The molecule has 1 aromatic carbocycles. The lowest BCUT2D eigenvalue weighted by Gasteiger charge is -2.05. The molecule has 0 aliphatic heterocycles. The van der Waals surface area contributed by atoms with Crippen LogP contribution in [-0.2, 0) is 14.8 Å². The van der Waals surface area contributed by atoms with Crippen LogP contribution in [0.5, 0.6) is 0 Å². The molecule has 0 radical (unpaired) electrons. The third-order valence-corrected chi connectivity index (χ3v) is 3.21. The van der Waals surface area contributed by atoms with Crippen molar-refractivity contribution in [1.82, 2.24) is 4.72 Å². The highest BCUT2D eigenvalue weighted by Crippen LogP contribution is 2.10. The molecule has 0 heterocycles. The fourth-order valence-electron chi connectivity index (χ4n) is 1.06. The number of ketones is 1. The van der Waals surface area contributed by atoms with Gasteiger partial charge in [0.25, 0.3) is 0 Å². The van der Waals surface area contributed by atoms with Crippen molar-refractivity contribution in [2.45, 2.75) is 18.7 Å². The molecule has 0 amide bonds. The Kier molecular flexibility index (Phi) is 3.60. The summed E-state index contributed by atoms with van der Waals surface area (Å²) in [6, 6.07) is 6.53. The van der Waals surface area contributed by atoms with E-state index in [-0.39, 0.29) is 17.2 Å². The van der Waals surface area contributed by atoms with Crippen molar-refractivity contribution < 1.29 is 13.2 Å². The summed E-state index contributed by atoms with van der Waals surface area (Å²) >= 11 is 0. The van der Waals surface area contributed by atoms with Gasteiger partial charge < -0.3 is 0 Å². The van der Waals surface area contributed by atoms with Crippen molar-refractivity contribution >= 4 is 15.8 Å². The van der Waals surface area contributed by atoms with Crippen LogP contribution in [0.15, 0.2) is 29.2 Å². The molecule has 1 rings (SSSR count). The number of carbonyl (C=O) groups is 1. The molecule has 0 atom stereocenters. The van der Waals surface area contributed by atoms with Crippen LogP contribution in [0.1, 0.15) is 12.5 Å². The van der Waals surface area contributed by atoms with Crippen LogP contribution in [0.3, 0.4) is 0 Å². The van der Waals surface area contributed by atoms with Gasteiger partial charge in [-0.05, 0) is 31.5 Å². The number of hydrogen-bond donors (Lipinski definition) is 1. The highest BCUT2D eigenvalue weighted by Gasteiger charge is 2.13. The lowest BCUT2D eigenvalue weighted by atomic mass is 10.2. The van der Waals surface area contributed by atoms with Gasteiger partial charge in [-0.2, -0.15) is 0 Å². The predicted molar refractivity (Wildman–Crippen MR) is 57.0 cm³/mol. The molecule has 5 heteroatoms. The average Bonchev–Trinajstić information content (AvgIpc) is 2.15. The Hall–Kier alpha value is -1.20. The Labute approximate surface area is 89.4 Å². The summed E-state index contributed by atoms with van der Waals surface area (Å²) in [5.74, 6) is -0.216. The van der Waals surface area contributed by atoms with E-state index in [1.807, 2.05) is 13.0 Å². The summed E-state index contributed by atoms with van der Waals surface area (Å²) in [7, 11) is -3.55. The number of rotatable bonds is 4. The van der Waals surface area contributed by atoms with Gasteiger partial charge in [0.05, 0.1) is 11.4 Å². The first-order valence-electron chi connectivity index (χ1n) is 4.47. The second-order valence-electron chi connectivity index (χ2n) is 3.34. The van der Waals surface area contributed by atoms with Gasteiger partial charge in [-0.15, -0.1) is 0 Å². The monoisotopic (exact) mass is 227 g/mol. The summed E-state index contributed by atoms with van der Waals surface area (Å²) in [5, 5.41) is 0. The van der Waals surface area contributed by atoms with Gasteiger partial charge in [0.2, 0.25) is 10.0 Å². The molecule has 0 unspecified atom stereocenters. The van der Waals surface area contributed by atoms with Crippen molar-refractivity contribution in [3.63, 3.8) is 0 Å². The Morgan fingerprint density at radius 3 is 2.60 bits per heavy atom. The molecule has 1 N–H and O–H groups in total. The van der Waals surface area contributed by atoms with Gasteiger partial charge in [0.1, 0.15) is 5.78 Å². The Morgan fingerprint density at radius 1 is 1.40 bits per heavy atom. The first kappa shape index (κ1) is 11.9. The van der Waals surface area contributed by atoms with Gasteiger partial charge in [0, 0.05) is 0 Å². The van der Waals surface area contributed by atoms with E-state index < -0.39 is 10.0 Å². The summed E-state index contributed by atoms with van der Waals surface area (Å²) in [5.41, 5.74) is 0.862. The van der Waals surface area contributed by atoms with Crippen LogP contribution >= 0.6 is 0 Å². The van der Waals surface area contributed by atoms with Crippen molar-refractivity contribution in [3.05, 3.63) is 29.8 Å². The number of benzene rings is 1. The zero-order chi connectivity index (χ0) is 11.5. The molecular formula is C10H13NO3S. The third kappa shape index (κ3) is 3.45. The molecule has 4 nitrogen and oxygen atoms in total. The summed E-state index contributed by atoms with van der Waals surface area (Å²) in [6.07, 6.45) is 0. The van der Waals surface area contributed by atoms with Crippen LogP contribution in [0.4, 0.5) is 0 Å². The smallest absolute Gasteiger partial charge is 0.240 e. The molecule has 0 aliphatic carbocycles. The van der Waals surface area contributed by atoms with Crippen LogP contribution in [-0.4, -0.2) is 20.7 Å². The Morgan fingerprint density at radius 2 is 2.07 bits per heavy atom. The number of Topliss-reactive ketones (excluding diaryl/α,β-unsaturated/α-hetero) is 1. The second kappa shape index (κ2) is 4.55. The van der Waals surface area contributed by atoms with Gasteiger partial charge in [-0.3, -0.25) is 4.79 Å². The maximum absolute atomic E-state index is 11.6. The van der Waals surface area contributed by atoms with E-state index in [2.05, 4.69) is 4.72 Å². The van der Waals surface area contributed by atoms with E-state index in [0.717, 1.165) is 5.56 Å². The molecule has 0 aromatic heterocycles. The maximum Gasteiger partial charge on any atom is 0.240 e.